The number of benzene rings is 1. The fourth-order valence-corrected chi connectivity index (χ4v) is 5.91. The van der Waals surface area contributed by atoms with Gasteiger partial charge in [-0.25, -0.2) is 4.98 Å². The average Bonchev–Trinajstić information content (AvgIpc) is 3.55. The number of aliphatic carboxylic acids is 1. The van der Waals surface area contributed by atoms with E-state index < -0.39 is 23.9 Å². The molecule has 4 atom stereocenters. The molecule has 1 aromatic carbocycles. The van der Waals surface area contributed by atoms with Crippen molar-refractivity contribution in [3.63, 3.8) is 0 Å². The molecule has 0 saturated carbocycles. The van der Waals surface area contributed by atoms with Gasteiger partial charge in [0.1, 0.15) is 5.78 Å². The number of ketones is 1. The van der Waals surface area contributed by atoms with Crippen molar-refractivity contribution in [3.8, 4) is 0 Å². The number of Topliss-reactive ketones (excluding diaryl/α,β-unsaturated/α-hetero) is 1. The van der Waals surface area contributed by atoms with Crippen LogP contribution in [0.3, 0.4) is 0 Å². The molecule has 1 aliphatic rings. The molecule has 4 unspecified atom stereocenters. The summed E-state index contributed by atoms with van der Waals surface area (Å²) >= 11 is 1.74. The maximum absolute atomic E-state index is 13.4. The van der Waals surface area contributed by atoms with E-state index in [1.807, 2.05) is 6.92 Å². The van der Waals surface area contributed by atoms with Crippen LogP contribution in [0.5, 0.6) is 0 Å². The fourth-order valence-electron chi connectivity index (χ4n) is 5.11. The molecule has 0 amide bonds. The first-order chi connectivity index (χ1) is 17.5. The number of carboxylic acid groups (broad SMARTS) is 1. The van der Waals surface area contributed by atoms with Crippen LogP contribution in [0.2, 0.25) is 0 Å². The van der Waals surface area contributed by atoms with Crippen LogP contribution in [-0.4, -0.2) is 45.8 Å². The Labute approximate surface area is 225 Å². The lowest BCUT2D eigenvalue weighted by atomic mass is 9.72. The maximum atomic E-state index is 13.4. The molecule has 6 nitrogen and oxygen atoms in total. The van der Waals surface area contributed by atoms with Gasteiger partial charge in [0.15, 0.2) is 0 Å². The summed E-state index contributed by atoms with van der Waals surface area (Å²) in [5.74, 6) is -1.01. The highest BCUT2D eigenvalue weighted by Crippen LogP contribution is 2.35. The number of ether oxygens (including phenoxy) is 1. The maximum Gasteiger partial charge on any atom is 0.306 e. The van der Waals surface area contributed by atoms with E-state index in [1.165, 1.54) is 15.8 Å². The molecule has 1 saturated heterocycles. The van der Waals surface area contributed by atoms with Gasteiger partial charge in [-0.1, -0.05) is 44.9 Å². The number of aryl methyl sites for hydroxylation is 2. The van der Waals surface area contributed by atoms with Gasteiger partial charge < -0.3 is 14.9 Å². The normalized spacial score (nSPS) is 18.5. The highest BCUT2D eigenvalue weighted by Gasteiger charge is 2.42. The van der Waals surface area contributed by atoms with Gasteiger partial charge in [-0.3, -0.25) is 9.59 Å². The third-order valence-electron chi connectivity index (χ3n) is 7.60. The molecule has 2 N–H and O–H groups in total. The second-order valence-electron chi connectivity index (χ2n) is 11.4. The van der Waals surface area contributed by atoms with Crippen molar-refractivity contribution >= 4 is 33.3 Å². The van der Waals surface area contributed by atoms with Crippen LogP contribution in [-0.2, 0) is 20.7 Å². The first-order valence-corrected chi connectivity index (χ1v) is 14.3. The van der Waals surface area contributed by atoms with E-state index in [0.29, 0.717) is 18.9 Å². The second kappa shape index (κ2) is 13.1. The number of hydrogen-bond acceptors (Lipinski definition) is 6. The fraction of sp³-hybridized carbons (Fsp3) is 0.633. The Hall–Kier alpha value is -2.09. The summed E-state index contributed by atoms with van der Waals surface area (Å²) in [4.78, 5) is 29.0. The summed E-state index contributed by atoms with van der Waals surface area (Å²) in [5.41, 5.74) is 2.72. The minimum absolute atomic E-state index is 0.0503. The SMILES string of the molecule is C/C(=C/CCc1ccc2sc(C)nc2c1)CCCC(C)CC(CC1CO1)C(=O)C(C)(C)C(O)CC(=O)O. The molecule has 7 heteroatoms. The summed E-state index contributed by atoms with van der Waals surface area (Å²) in [6.07, 6.45) is 7.38. The van der Waals surface area contributed by atoms with Gasteiger partial charge in [0.2, 0.25) is 0 Å². The molecule has 0 radical (unpaired) electrons. The molecule has 2 heterocycles. The molecular formula is C30H43NO5S. The van der Waals surface area contributed by atoms with E-state index in [0.717, 1.165) is 49.0 Å². The Kier molecular flexibility index (Phi) is 10.4. The van der Waals surface area contributed by atoms with Crippen molar-refractivity contribution in [2.24, 2.45) is 17.3 Å². The minimum Gasteiger partial charge on any atom is -0.481 e. The molecule has 37 heavy (non-hydrogen) atoms. The standard InChI is InChI=1S/C30H43NO5S/c1-19(9-7-11-22-12-13-26-25(15-22)31-21(3)37-26)8-6-10-20(2)14-23(16-24-18-36-24)29(35)30(4,5)27(32)17-28(33)34/h9,12-13,15,20,23-24,27,32H,6-8,10-11,14,16-18H2,1-5H3,(H,33,34)/b19-9-. The largest absolute Gasteiger partial charge is 0.481 e. The number of hydrogen-bond donors (Lipinski definition) is 2. The minimum atomic E-state index is -1.20. The molecule has 1 aliphatic heterocycles. The Bertz CT molecular complexity index is 1100. The second-order valence-corrected chi connectivity index (χ2v) is 12.7. The van der Waals surface area contributed by atoms with Crippen molar-refractivity contribution in [1.82, 2.24) is 4.98 Å². The Morgan fingerprint density at radius 3 is 2.73 bits per heavy atom. The number of aliphatic hydroxyl groups excluding tert-OH is 1. The predicted octanol–water partition coefficient (Wildman–Crippen LogP) is 6.52. The Morgan fingerprint density at radius 1 is 1.32 bits per heavy atom. The lowest BCUT2D eigenvalue weighted by Gasteiger charge is -2.33. The topological polar surface area (TPSA) is 100 Å². The number of thiazole rings is 1. The third-order valence-corrected chi connectivity index (χ3v) is 8.55. The third kappa shape index (κ3) is 9.01. The van der Waals surface area contributed by atoms with Gasteiger partial charge in [-0.05, 0) is 76.0 Å². The van der Waals surface area contributed by atoms with Crippen molar-refractivity contribution in [3.05, 3.63) is 40.4 Å². The zero-order valence-corrected chi connectivity index (χ0v) is 23.8. The van der Waals surface area contributed by atoms with Crippen LogP contribution < -0.4 is 0 Å². The highest BCUT2D eigenvalue weighted by atomic mass is 32.1. The zero-order chi connectivity index (χ0) is 27.2. The van der Waals surface area contributed by atoms with Crippen LogP contribution in [0.15, 0.2) is 29.8 Å². The summed E-state index contributed by atoms with van der Waals surface area (Å²) < 4.78 is 6.64. The number of aromatic nitrogens is 1. The van der Waals surface area contributed by atoms with Crippen molar-refractivity contribution in [2.75, 3.05) is 6.61 Å². The van der Waals surface area contributed by atoms with Crippen LogP contribution >= 0.6 is 11.3 Å². The molecule has 0 spiro atoms. The predicted molar refractivity (Wildman–Crippen MR) is 149 cm³/mol. The van der Waals surface area contributed by atoms with Crippen LogP contribution in [0.1, 0.15) is 83.2 Å². The number of nitrogens with zero attached hydrogens (tertiary/aromatic N) is 1. The first kappa shape index (κ1) is 29.5. The first-order valence-electron chi connectivity index (χ1n) is 13.5. The molecule has 0 bridgehead atoms. The summed E-state index contributed by atoms with van der Waals surface area (Å²) in [6.45, 7) is 10.4. The van der Waals surface area contributed by atoms with Crippen molar-refractivity contribution in [2.45, 2.75) is 98.2 Å². The number of carbonyl (C=O) groups is 2. The van der Waals surface area contributed by atoms with E-state index in [2.05, 4.69) is 43.1 Å². The number of rotatable bonds is 16. The molecule has 204 valence electrons. The van der Waals surface area contributed by atoms with E-state index in [9.17, 15) is 14.7 Å². The zero-order valence-electron chi connectivity index (χ0n) is 23.0. The van der Waals surface area contributed by atoms with Crippen molar-refractivity contribution < 1.29 is 24.5 Å². The summed E-state index contributed by atoms with van der Waals surface area (Å²) in [6, 6.07) is 6.59. The number of allylic oxidation sites excluding steroid dienone is 2. The molecule has 1 aromatic heterocycles. The Morgan fingerprint density at radius 2 is 2.05 bits per heavy atom. The van der Waals surface area contributed by atoms with E-state index in [1.54, 1.807) is 25.2 Å². The number of epoxide rings is 1. The lowest BCUT2D eigenvalue weighted by molar-refractivity contribution is -0.145. The molecular weight excluding hydrogens is 486 g/mol. The van der Waals surface area contributed by atoms with Gasteiger partial charge in [0, 0.05) is 5.92 Å². The van der Waals surface area contributed by atoms with Crippen LogP contribution in [0.25, 0.3) is 10.2 Å². The highest BCUT2D eigenvalue weighted by molar-refractivity contribution is 7.18. The molecule has 3 rings (SSSR count). The van der Waals surface area contributed by atoms with Gasteiger partial charge in [0.05, 0.1) is 45.9 Å². The number of fused-ring (bicyclic) bond motifs is 1. The summed E-state index contributed by atoms with van der Waals surface area (Å²) in [7, 11) is 0. The number of aliphatic hydroxyl groups is 1. The number of carbonyl (C=O) groups excluding carboxylic acids is 1. The smallest absolute Gasteiger partial charge is 0.306 e. The van der Waals surface area contributed by atoms with Gasteiger partial charge in [-0.2, -0.15) is 0 Å². The van der Waals surface area contributed by atoms with E-state index >= 15 is 0 Å². The van der Waals surface area contributed by atoms with Gasteiger partial charge in [-0.15, -0.1) is 11.3 Å². The van der Waals surface area contributed by atoms with Crippen molar-refractivity contribution in [1.29, 1.82) is 0 Å². The van der Waals surface area contributed by atoms with Gasteiger partial charge >= 0.3 is 5.97 Å². The summed E-state index contributed by atoms with van der Waals surface area (Å²) in [5, 5.41) is 20.6. The average molecular weight is 530 g/mol. The Balaban J connectivity index is 1.45. The van der Waals surface area contributed by atoms with E-state index in [-0.39, 0.29) is 17.8 Å². The molecule has 0 aliphatic carbocycles. The molecule has 2 aromatic rings. The monoisotopic (exact) mass is 529 g/mol. The van der Waals surface area contributed by atoms with E-state index in [4.69, 9.17) is 9.84 Å². The van der Waals surface area contributed by atoms with Crippen LogP contribution in [0, 0.1) is 24.2 Å². The lowest BCUT2D eigenvalue weighted by Crippen LogP contribution is -2.42. The molecule has 1 fully saturated rings. The van der Waals surface area contributed by atoms with Crippen LogP contribution in [0.4, 0.5) is 0 Å². The quantitative estimate of drug-likeness (QED) is 0.190. The van der Waals surface area contributed by atoms with Gasteiger partial charge in [0.25, 0.3) is 0 Å². The number of carboxylic acids is 1.